The van der Waals surface area contributed by atoms with Gasteiger partial charge in [0.05, 0.1) is 6.61 Å². The zero-order valence-corrected chi connectivity index (χ0v) is 20.1. The quantitative estimate of drug-likeness (QED) is 0.177. The summed E-state index contributed by atoms with van der Waals surface area (Å²) in [6.07, 6.45) is 30.0. The summed E-state index contributed by atoms with van der Waals surface area (Å²) >= 11 is 0. The monoisotopic (exact) mass is 417 g/mol. The molecule has 0 fully saturated rings. The van der Waals surface area contributed by atoms with Gasteiger partial charge < -0.3 is 10.1 Å². The first kappa shape index (κ1) is 28.4. The van der Waals surface area contributed by atoms with E-state index in [0.29, 0.717) is 25.0 Å². The van der Waals surface area contributed by atoms with Crippen LogP contribution in [0.3, 0.4) is 0 Å². The number of hydrogen-bond donors (Lipinski definition) is 1. The molecule has 0 aliphatic carbocycles. The first-order valence-electron chi connectivity index (χ1n) is 11.9. The van der Waals surface area contributed by atoms with Crippen LogP contribution in [0, 0.1) is 5.41 Å². The Hall–Kier alpha value is -1.61. The van der Waals surface area contributed by atoms with E-state index in [1.54, 1.807) is 7.11 Å². The van der Waals surface area contributed by atoms with Crippen LogP contribution in [0.2, 0.25) is 0 Å². The number of carbonyl (C=O) groups excluding carboxylic acids is 1. The minimum absolute atomic E-state index is 0.109. The molecule has 0 atom stereocenters. The van der Waals surface area contributed by atoms with E-state index < -0.39 is 0 Å². The van der Waals surface area contributed by atoms with Crippen molar-refractivity contribution in [2.75, 3.05) is 20.3 Å². The van der Waals surface area contributed by atoms with E-state index in [-0.39, 0.29) is 5.91 Å². The third-order valence-corrected chi connectivity index (χ3v) is 4.96. The zero-order chi connectivity index (χ0) is 22.3. The molecule has 3 nitrogen and oxygen atoms in total. The van der Waals surface area contributed by atoms with Crippen LogP contribution in [0.1, 0.15) is 91.4 Å². The van der Waals surface area contributed by atoms with Gasteiger partial charge in [0, 0.05) is 20.1 Å². The van der Waals surface area contributed by atoms with Gasteiger partial charge in [0.2, 0.25) is 5.91 Å². The average molecular weight is 418 g/mol. The first-order valence-corrected chi connectivity index (χ1v) is 11.9. The molecular formula is C27H47NO2. The van der Waals surface area contributed by atoms with Crippen molar-refractivity contribution in [1.82, 2.24) is 5.32 Å². The first-order chi connectivity index (χ1) is 14.5. The second-order valence-corrected chi connectivity index (χ2v) is 8.56. The van der Waals surface area contributed by atoms with Crippen LogP contribution in [0.15, 0.2) is 48.6 Å². The number of ether oxygens (including phenoxy) is 1. The average Bonchev–Trinajstić information content (AvgIpc) is 2.71. The predicted molar refractivity (Wildman–Crippen MR) is 132 cm³/mol. The number of carbonyl (C=O) groups is 1. The third kappa shape index (κ3) is 21.1. The fraction of sp³-hybridized carbons (Fsp3) is 0.667. The molecular weight excluding hydrogens is 370 g/mol. The van der Waals surface area contributed by atoms with Crippen LogP contribution in [-0.4, -0.2) is 26.2 Å². The van der Waals surface area contributed by atoms with Crippen molar-refractivity contribution >= 4 is 5.91 Å². The molecule has 172 valence electrons. The predicted octanol–water partition coefficient (Wildman–Crippen LogP) is 7.31. The van der Waals surface area contributed by atoms with Crippen LogP contribution in [0.4, 0.5) is 0 Å². The maximum absolute atomic E-state index is 11.5. The van der Waals surface area contributed by atoms with Gasteiger partial charge in [0.1, 0.15) is 0 Å². The number of unbranched alkanes of at least 4 members (excludes halogenated alkanes) is 4. The Labute approximate surface area is 186 Å². The lowest BCUT2D eigenvalue weighted by molar-refractivity contribution is -0.121. The Bertz CT molecular complexity index is 515. The van der Waals surface area contributed by atoms with Crippen molar-refractivity contribution < 1.29 is 9.53 Å². The number of allylic oxidation sites excluding steroid dienone is 8. The minimum Gasteiger partial charge on any atom is -0.383 e. The molecule has 1 N–H and O–H groups in total. The van der Waals surface area contributed by atoms with E-state index >= 15 is 0 Å². The summed E-state index contributed by atoms with van der Waals surface area (Å²) in [6.45, 7) is 8.11. The molecule has 0 aliphatic rings. The molecule has 3 heteroatoms. The van der Waals surface area contributed by atoms with Gasteiger partial charge in [-0.2, -0.15) is 0 Å². The van der Waals surface area contributed by atoms with Gasteiger partial charge in [-0.3, -0.25) is 4.79 Å². The molecule has 0 heterocycles. The number of amides is 1. The topological polar surface area (TPSA) is 38.3 Å². The van der Waals surface area contributed by atoms with E-state index in [2.05, 4.69) is 74.7 Å². The Balaban J connectivity index is 3.67. The summed E-state index contributed by atoms with van der Waals surface area (Å²) in [7, 11) is 1.64. The SMILES string of the molecule is CCCCCCC(C)(C)/C=C\C/C=C\C/C=C\C/C=C\CCCC(=O)NCCOC. The lowest BCUT2D eigenvalue weighted by Gasteiger charge is -2.19. The Kier molecular flexibility index (Phi) is 19.5. The fourth-order valence-electron chi connectivity index (χ4n) is 3.07. The highest BCUT2D eigenvalue weighted by molar-refractivity contribution is 5.75. The van der Waals surface area contributed by atoms with Gasteiger partial charge in [-0.15, -0.1) is 0 Å². The van der Waals surface area contributed by atoms with E-state index in [0.717, 1.165) is 32.1 Å². The van der Waals surface area contributed by atoms with Crippen molar-refractivity contribution in [1.29, 1.82) is 0 Å². The molecule has 0 aromatic carbocycles. The van der Waals surface area contributed by atoms with E-state index in [1.807, 2.05) is 0 Å². The molecule has 0 unspecified atom stereocenters. The lowest BCUT2D eigenvalue weighted by atomic mass is 9.86. The van der Waals surface area contributed by atoms with Gasteiger partial charge in [-0.1, -0.05) is 95.1 Å². The van der Waals surface area contributed by atoms with Crippen molar-refractivity contribution in [3.8, 4) is 0 Å². The van der Waals surface area contributed by atoms with Gasteiger partial charge in [0.15, 0.2) is 0 Å². The second-order valence-electron chi connectivity index (χ2n) is 8.56. The normalized spacial score (nSPS) is 12.8. The smallest absolute Gasteiger partial charge is 0.220 e. The molecule has 0 rings (SSSR count). The van der Waals surface area contributed by atoms with Crippen LogP contribution >= 0.6 is 0 Å². The highest BCUT2D eigenvalue weighted by atomic mass is 16.5. The molecule has 0 radical (unpaired) electrons. The van der Waals surface area contributed by atoms with Gasteiger partial charge in [-0.05, 0) is 43.9 Å². The molecule has 0 spiro atoms. The van der Waals surface area contributed by atoms with E-state index in [9.17, 15) is 4.79 Å². The fourth-order valence-corrected chi connectivity index (χ4v) is 3.07. The molecule has 30 heavy (non-hydrogen) atoms. The highest BCUT2D eigenvalue weighted by Crippen LogP contribution is 2.25. The lowest BCUT2D eigenvalue weighted by Crippen LogP contribution is -2.26. The number of hydrogen-bond acceptors (Lipinski definition) is 2. The Morgan fingerprint density at radius 2 is 1.50 bits per heavy atom. The summed E-state index contributed by atoms with van der Waals surface area (Å²) in [5.74, 6) is 0.109. The van der Waals surface area contributed by atoms with Gasteiger partial charge in [-0.25, -0.2) is 0 Å². The standard InChI is InChI=1S/C27H47NO2/c1-5-6-7-19-22-27(2,3)23-20-17-15-13-11-9-8-10-12-14-16-18-21-26(29)28-24-25-30-4/h8-9,12-15,20,23H,5-7,10-11,16-19,21-22,24-25H2,1-4H3,(H,28,29)/b9-8-,14-12-,15-13-,23-20-. The van der Waals surface area contributed by atoms with Gasteiger partial charge >= 0.3 is 0 Å². The summed E-state index contributed by atoms with van der Waals surface area (Å²) < 4.78 is 4.90. The molecule has 1 amide bonds. The third-order valence-electron chi connectivity index (χ3n) is 4.96. The minimum atomic E-state index is 0.109. The second kappa shape index (κ2) is 20.7. The number of rotatable bonds is 19. The number of methoxy groups -OCH3 is 1. The Morgan fingerprint density at radius 1 is 0.867 bits per heavy atom. The summed E-state index contributed by atoms with van der Waals surface area (Å²) in [5.41, 5.74) is 0.321. The summed E-state index contributed by atoms with van der Waals surface area (Å²) in [5, 5.41) is 2.84. The largest absolute Gasteiger partial charge is 0.383 e. The molecule has 0 bridgehead atoms. The number of nitrogens with one attached hydrogen (secondary N) is 1. The highest BCUT2D eigenvalue weighted by Gasteiger charge is 2.12. The molecule has 0 aromatic rings. The maximum Gasteiger partial charge on any atom is 0.220 e. The maximum atomic E-state index is 11.5. The summed E-state index contributed by atoms with van der Waals surface area (Å²) in [6, 6.07) is 0. The molecule has 0 saturated carbocycles. The van der Waals surface area contributed by atoms with Crippen LogP contribution in [0.5, 0.6) is 0 Å². The van der Waals surface area contributed by atoms with Crippen molar-refractivity contribution in [3.05, 3.63) is 48.6 Å². The van der Waals surface area contributed by atoms with Crippen molar-refractivity contribution in [2.24, 2.45) is 5.41 Å². The van der Waals surface area contributed by atoms with Crippen molar-refractivity contribution in [3.63, 3.8) is 0 Å². The van der Waals surface area contributed by atoms with E-state index in [4.69, 9.17) is 4.74 Å². The van der Waals surface area contributed by atoms with Crippen LogP contribution in [0.25, 0.3) is 0 Å². The molecule has 0 saturated heterocycles. The van der Waals surface area contributed by atoms with E-state index in [1.165, 1.54) is 32.1 Å². The van der Waals surface area contributed by atoms with Gasteiger partial charge in [0.25, 0.3) is 0 Å². The zero-order valence-electron chi connectivity index (χ0n) is 20.1. The molecule has 0 aliphatic heterocycles. The van der Waals surface area contributed by atoms with Crippen molar-refractivity contribution in [2.45, 2.75) is 91.4 Å². The molecule has 0 aromatic heterocycles. The van der Waals surface area contributed by atoms with Crippen LogP contribution < -0.4 is 5.32 Å². The Morgan fingerprint density at radius 3 is 2.13 bits per heavy atom. The summed E-state index contributed by atoms with van der Waals surface area (Å²) in [4.78, 5) is 11.5. The van der Waals surface area contributed by atoms with Crippen LogP contribution in [-0.2, 0) is 9.53 Å².